The number of nitrogens with zero attached hydrogens (tertiary/aromatic N) is 1. The summed E-state index contributed by atoms with van der Waals surface area (Å²) in [6, 6.07) is 0. The van der Waals surface area contributed by atoms with Crippen molar-refractivity contribution in [3.63, 3.8) is 0 Å². The fourth-order valence-corrected chi connectivity index (χ4v) is 0.662. The average molecular weight is 115 g/mol. The van der Waals surface area contributed by atoms with E-state index in [1.165, 1.54) is 0 Å². The Labute approximate surface area is 44.2 Å². The lowest BCUT2D eigenvalue weighted by molar-refractivity contribution is 1.21. The van der Waals surface area contributed by atoms with Crippen LogP contribution in [0, 0.1) is 6.92 Å². The van der Waals surface area contributed by atoms with Crippen LogP contribution >= 0.6 is 11.5 Å². The molecular weight excluding hydrogens is 112 g/mol. The van der Waals surface area contributed by atoms with Crippen molar-refractivity contribution < 1.29 is 0 Å². The number of nitrogens with one attached hydrogen (secondary N) is 1. The molecule has 0 saturated carbocycles. The summed E-state index contributed by atoms with van der Waals surface area (Å²) in [5, 5.41) is 0. The van der Waals surface area contributed by atoms with Crippen LogP contribution in [0.3, 0.4) is 0 Å². The third kappa shape index (κ3) is 0.866. The Morgan fingerprint density at radius 2 is 2.57 bits per heavy atom. The van der Waals surface area contributed by atoms with Crippen LogP contribution in [0.15, 0.2) is 4.79 Å². The molecule has 1 N–H and O–H groups in total. The van der Waals surface area contributed by atoms with Gasteiger partial charge in [0.1, 0.15) is 5.82 Å². The van der Waals surface area contributed by atoms with Crippen molar-refractivity contribution in [1.29, 1.82) is 0 Å². The molecule has 3 nitrogen and oxygen atoms in total. The first-order valence-electron chi connectivity index (χ1n) is 1.67. The van der Waals surface area contributed by atoms with Gasteiger partial charge in [0.25, 0.3) is 0 Å². The van der Waals surface area contributed by atoms with Gasteiger partial charge < -0.3 is 0 Å². The highest BCUT2D eigenvalue weighted by Gasteiger charge is 1.85. The number of rotatable bonds is 0. The van der Waals surface area contributed by atoms with E-state index in [1.807, 2.05) is 0 Å². The molecule has 0 saturated heterocycles. The first-order valence-corrected chi connectivity index (χ1v) is 2.44. The molecule has 1 aromatic heterocycles. The topological polar surface area (TPSA) is 45.8 Å². The monoisotopic (exact) mass is 115 g/mol. The molecule has 0 aliphatic rings. The maximum atomic E-state index is 10.2. The van der Waals surface area contributed by atoms with Crippen LogP contribution in [-0.4, -0.2) is 9.36 Å². The maximum absolute atomic E-state index is 10.2. The van der Waals surface area contributed by atoms with Crippen LogP contribution in [-0.2, 0) is 0 Å². The number of aromatic amines is 1. The van der Waals surface area contributed by atoms with E-state index < -0.39 is 0 Å². The van der Waals surface area contributed by atoms with Gasteiger partial charge in [-0.25, -0.2) is 0 Å². The highest BCUT2D eigenvalue weighted by Crippen LogP contribution is 1.79. The third-order valence-corrected chi connectivity index (χ3v) is 1.06. The van der Waals surface area contributed by atoms with Crippen LogP contribution in [0.5, 0.6) is 0 Å². The molecule has 0 atom stereocenters. The zero-order valence-corrected chi connectivity index (χ0v) is 4.29. The van der Waals surface area contributed by atoms with E-state index in [4.69, 9.17) is 0 Å². The van der Waals surface area contributed by atoms with Gasteiger partial charge in [0.15, 0.2) is 0 Å². The number of aromatic nitrogens is 2. The van der Waals surface area contributed by atoms with Gasteiger partial charge in [-0.05, 0) is 0 Å². The van der Waals surface area contributed by atoms with Crippen LogP contribution in [0.25, 0.3) is 0 Å². The summed E-state index contributed by atoms with van der Waals surface area (Å²) in [4.78, 5) is 12.4. The molecule has 0 aliphatic carbocycles. The lowest BCUT2D eigenvalue weighted by Gasteiger charge is -1.65. The minimum Gasteiger partial charge on any atom is -0.300 e. The van der Waals surface area contributed by atoms with E-state index >= 15 is 0 Å². The summed E-state index contributed by atoms with van der Waals surface area (Å²) in [7, 11) is 0. The summed E-state index contributed by atoms with van der Waals surface area (Å²) < 4.78 is 3.58. The second-order valence-electron chi connectivity index (χ2n) is 1.04. The Kier molecular flexibility index (Phi) is 0.941. The zero-order valence-electron chi connectivity index (χ0n) is 3.47. The van der Waals surface area contributed by atoms with Crippen LogP contribution < -0.4 is 4.87 Å². The second kappa shape index (κ2) is 1.46. The Balaban J connectivity index is 3.30. The minimum atomic E-state index is -0.148. The van der Waals surface area contributed by atoms with Crippen molar-refractivity contribution in [1.82, 2.24) is 9.36 Å². The second-order valence-corrected chi connectivity index (χ2v) is 1.78. The molecule has 0 aliphatic heterocycles. The number of H-pyrrole nitrogens is 1. The van der Waals surface area contributed by atoms with E-state index in [9.17, 15) is 4.79 Å². The van der Waals surface area contributed by atoms with Crippen molar-refractivity contribution in [3.05, 3.63) is 22.4 Å². The Hall–Kier alpha value is -0.640. The van der Waals surface area contributed by atoms with E-state index in [1.54, 1.807) is 0 Å². The van der Waals surface area contributed by atoms with E-state index in [0.29, 0.717) is 5.82 Å². The Bertz CT molecular complexity index is 201. The van der Waals surface area contributed by atoms with E-state index in [2.05, 4.69) is 16.3 Å². The Morgan fingerprint density at radius 1 is 1.86 bits per heavy atom. The van der Waals surface area contributed by atoms with Gasteiger partial charge in [-0.3, -0.25) is 9.78 Å². The average Bonchev–Trinajstić information content (AvgIpc) is 1.87. The SMILES string of the molecule is [CH2]c1nsc(=O)[nH]1. The first-order chi connectivity index (χ1) is 3.29. The van der Waals surface area contributed by atoms with E-state index in [-0.39, 0.29) is 4.87 Å². The molecule has 1 rings (SSSR count). The van der Waals surface area contributed by atoms with Crippen LogP contribution in [0.2, 0.25) is 0 Å². The van der Waals surface area contributed by atoms with Crippen LogP contribution in [0.1, 0.15) is 5.82 Å². The quantitative estimate of drug-likeness (QED) is 0.517. The molecule has 1 heterocycles. The highest BCUT2D eigenvalue weighted by molar-refractivity contribution is 7.02. The van der Waals surface area contributed by atoms with Crippen molar-refractivity contribution in [3.8, 4) is 0 Å². The maximum Gasteiger partial charge on any atom is 0.323 e. The molecule has 0 fully saturated rings. The fraction of sp³-hybridized carbons (Fsp3) is 0. The van der Waals surface area contributed by atoms with Crippen LogP contribution in [0.4, 0.5) is 0 Å². The molecule has 0 amide bonds. The standard InChI is InChI=1S/C3H3N2OS/c1-2-4-3(6)7-5-2/h1H2,(H,4,5,6). The lowest BCUT2D eigenvalue weighted by Crippen LogP contribution is -1.90. The molecule has 7 heavy (non-hydrogen) atoms. The van der Waals surface area contributed by atoms with Gasteiger partial charge in [-0.1, -0.05) is 0 Å². The molecule has 0 spiro atoms. The summed E-state index contributed by atoms with van der Waals surface area (Å²) >= 11 is 0.881. The fourth-order valence-electron chi connectivity index (χ4n) is 0.260. The van der Waals surface area contributed by atoms with Gasteiger partial charge in [0, 0.05) is 18.5 Å². The van der Waals surface area contributed by atoms with Gasteiger partial charge in [-0.2, -0.15) is 4.37 Å². The van der Waals surface area contributed by atoms with Gasteiger partial charge in [-0.15, -0.1) is 0 Å². The summed E-state index contributed by atoms with van der Waals surface area (Å²) in [6.07, 6.45) is 0. The molecule has 0 unspecified atom stereocenters. The van der Waals surface area contributed by atoms with Crippen molar-refractivity contribution in [2.24, 2.45) is 0 Å². The molecule has 37 valence electrons. The summed E-state index contributed by atoms with van der Waals surface area (Å²) in [5.74, 6) is 0.440. The van der Waals surface area contributed by atoms with Crippen molar-refractivity contribution in [2.75, 3.05) is 0 Å². The van der Waals surface area contributed by atoms with Crippen molar-refractivity contribution in [2.45, 2.75) is 0 Å². The van der Waals surface area contributed by atoms with Gasteiger partial charge >= 0.3 is 4.87 Å². The largest absolute Gasteiger partial charge is 0.323 e. The first kappa shape index (κ1) is 4.52. The molecule has 0 bridgehead atoms. The predicted octanol–water partition coefficient (Wildman–Crippen LogP) is 0.0136. The minimum absolute atomic E-state index is 0.148. The van der Waals surface area contributed by atoms with Crippen molar-refractivity contribution >= 4 is 11.5 Å². The Morgan fingerprint density at radius 3 is 2.71 bits per heavy atom. The van der Waals surface area contributed by atoms with Gasteiger partial charge in [0.05, 0.1) is 0 Å². The van der Waals surface area contributed by atoms with Gasteiger partial charge in [0.2, 0.25) is 0 Å². The summed E-state index contributed by atoms with van der Waals surface area (Å²) in [6.45, 7) is 3.39. The highest BCUT2D eigenvalue weighted by atomic mass is 32.1. The van der Waals surface area contributed by atoms with E-state index in [0.717, 1.165) is 11.5 Å². The summed E-state index contributed by atoms with van der Waals surface area (Å²) in [5.41, 5.74) is 0. The lowest BCUT2D eigenvalue weighted by atomic mass is 10.8. The molecule has 0 aromatic carbocycles. The third-order valence-electron chi connectivity index (χ3n) is 0.485. The normalized spacial score (nSPS) is 9.29. The smallest absolute Gasteiger partial charge is 0.300 e. The zero-order chi connectivity index (χ0) is 5.28. The molecule has 4 heteroatoms. The molecule has 1 radical (unpaired) electrons. The number of hydrogen-bond donors (Lipinski definition) is 1. The molecular formula is C3H3N2OS. The number of hydrogen-bond acceptors (Lipinski definition) is 3. The predicted molar refractivity (Wildman–Crippen MR) is 27.2 cm³/mol. The molecule has 1 aromatic rings.